The molecule has 0 aliphatic heterocycles. The van der Waals surface area contributed by atoms with Gasteiger partial charge in [0.25, 0.3) is 5.22 Å². The van der Waals surface area contributed by atoms with Crippen LogP contribution in [0.25, 0.3) is 22.0 Å². The van der Waals surface area contributed by atoms with Gasteiger partial charge in [0.15, 0.2) is 11.4 Å². The average molecular weight is 343 g/mol. The number of aromatic nitrogens is 2. The van der Waals surface area contributed by atoms with Crippen molar-refractivity contribution in [3.05, 3.63) is 59.2 Å². The molecule has 0 radical (unpaired) electrons. The van der Waals surface area contributed by atoms with Crippen LogP contribution in [0.3, 0.4) is 0 Å². The highest BCUT2D eigenvalue weighted by Crippen LogP contribution is 2.27. The fourth-order valence-corrected chi connectivity index (χ4v) is 3.34. The molecule has 0 amide bonds. The van der Waals surface area contributed by atoms with Crippen LogP contribution in [0.15, 0.2) is 58.3 Å². The molecule has 6 heteroatoms. The number of nitrogens with one attached hydrogen (secondary N) is 1. The molecule has 4 rings (SSSR count). The van der Waals surface area contributed by atoms with Crippen molar-refractivity contribution < 1.29 is 9.21 Å². The topological polar surface area (TPSA) is 58.9 Å². The first-order valence-electron chi connectivity index (χ1n) is 6.99. The molecule has 2 aromatic carbocycles. The van der Waals surface area contributed by atoms with Gasteiger partial charge in [0.1, 0.15) is 5.52 Å². The summed E-state index contributed by atoms with van der Waals surface area (Å²) in [7, 11) is 0. The van der Waals surface area contributed by atoms with Crippen molar-refractivity contribution in [1.29, 1.82) is 0 Å². The molecule has 0 atom stereocenters. The van der Waals surface area contributed by atoms with E-state index in [2.05, 4.69) is 9.97 Å². The minimum atomic E-state index is 0.0349. The number of oxazole rings is 1. The molecule has 0 saturated heterocycles. The number of thioether (sulfide) groups is 1. The van der Waals surface area contributed by atoms with Crippen LogP contribution in [0.5, 0.6) is 0 Å². The Bertz CT molecular complexity index is 1020. The smallest absolute Gasteiger partial charge is 0.257 e. The molecule has 0 aliphatic carbocycles. The molecule has 0 unspecified atom stereocenters. The molecular formula is C17H11ClN2O2S. The van der Waals surface area contributed by atoms with Crippen LogP contribution in [0.2, 0.25) is 5.02 Å². The van der Waals surface area contributed by atoms with Gasteiger partial charge in [-0.1, -0.05) is 41.6 Å². The Morgan fingerprint density at radius 2 is 2.13 bits per heavy atom. The zero-order chi connectivity index (χ0) is 15.8. The molecule has 2 aromatic heterocycles. The molecular weight excluding hydrogens is 332 g/mol. The Hall–Kier alpha value is -2.24. The Balaban J connectivity index is 1.54. The largest absolute Gasteiger partial charge is 0.431 e. The van der Waals surface area contributed by atoms with Crippen LogP contribution in [-0.4, -0.2) is 21.5 Å². The van der Waals surface area contributed by atoms with Gasteiger partial charge in [0, 0.05) is 27.7 Å². The lowest BCUT2D eigenvalue weighted by Gasteiger charge is -1.97. The number of aromatic amines is 1. The van der Waals surface area contributed by atoms with E-state index in [1.54, 1.807) is 24.4 Å². The van der Waals surface area contributed by atoms with Crippen molar-refractivity contribution in [3.8, 4) is 0 Å². The summed E-state index contributed by atoms with van der Waals surface area (Å²) < 4.78 is 5.61. The van der Waals surface area contributed by atoms with Crippen LogP contribution in [-0.2, 0) is 0 Å². The first-order valence-corrected chi connectivity index (χ1v) is 8.35. The van der Waals surface area contributed by atoms with Crippen LogP contribution in [0.1, 0.15) is 10.4 Å². The first-order chi connectivity index (χ1) is 11.2. The second-order valence-electron chi connectivity index (χ2n) is 5.05. The number of benzene rings is 2. The highest BCUT2D eigenvalue weighted by Gasteiger charge is 2.14. The number of para-hydroxylation sites is 1. The third-order valence-electron chi connectivity index (χ3n) is 3.55. The highest BCUT2D eigenvalue weighted by molar-refractivity contribution is 7.99. The maximum Gasteiger partial charge on any atom is 0.257 e. The van der Waals surface area contributed by atoms with E-state index in [1.165, 1.54) is 11.8 Å². The molecule has 0 aliphatic rings. The van der Waals surface area contributed by atoms with Crippen molar-refractivity contribution >= 4 is 51.1 Å². The molecule has 2 heterocycles. The predicted octanol–water partition coefficient (Wildman–Crippen LogP) is 4.94. The molecule has 0 bridgehead atoms. The minimum absolute atomic E-state index is 0.0349. The van der Waals surface area contributed by atoms with Crippen LogP contribution >= 0.6 is 23.4 Å². The Labute approximate surface area is 140 Å². The summed E-state index contributed by atoms with van der Waals surface area (Å²) in [6.07, 6.45) is 1.75. The predicted molar refractivity (Wildman–Crippen MR) is 92.4 cm³/mol. The second kappa shape index (κ2) is 5.76. The maximum atomic E-state index is 12.4. The zero-order valence-electron chi connectivity index (χ0n) is 11.9. The molecule has 1 N–H and O–H groups in total. The van der Waals surface area contributed by atoms with Crippen molar-refractivity contribution in [2.24, 2.45) is 0 Å². The van der Waals surface area contributed by atoms with Gasteiger partial charge in [-0.2, -0.15) is 0 Å². The second-order valence-corrected chi connectivity index (χ2v) is 6.41. The first kappa shape index (κ1) is 14.4. The van der Waals surface area contributed by atoms with E-state index < -0.39 is 0 Å². The summed E-state index contributed by atoms with van der Waals surface area (Å²) in [6.45, 7) is 0. The highest BCUT2D eigenvalue weighted by atomic mass is 35.5. The number of ketones is 1. The lowest BCUT2D eigenvalue weighted by Crippen LogP contribution is -2.01. The zero-order valence-corrected chi connectivity index (χ0v) is 13.4. The van der Waals surface area contributed by atoms with Crippen molar-refractivity contribution in [1.82, 2.24) is 9.97 Å². The summed E-state index contributed by atoms with van der Waals surface area (Å²) in [4.78, 5) is 19.9. The van der Waals surface area contributed by atoms with Crippen LogP contribution in [0, 0.1) is 0 Å². The van der Waals surface area contributed by atoms with Gasteiger partial charge >= 0.3 is 0 Å². The van der Waals surface area contributed by atoms with Gasteiger partial charge in [-0.25, -0.2) is 4.98 Å². The molecule has 23 heavy (non-hydrogen) atoms. The summed E-state index contributed by atoms with van der Waals surface area (Å²) in [5, 5.41) is 2.01. The quantitative estimate of drug-likeness (QED) is 0.421. The molecule has 0 fully saturated rings. The lowest BCUT2D eigenvalue weighted by atomic mass is 10.1. The van der Waals surface area contributed by atoms with Crippen molar-refractivity contribution in [2.75, 3.05) is 5.75 Å². The number of halogens is 1. The van der Waals surface area contributed by atoms with E-state index in [-0.39, 0.29) is 11.5 Å². The summed E-state index contributed by atoms with van der Waals surface area (Å²) in [6, 6.07) is 13.0. The number of carbonyl (C=O) groups excluding carboxylic acids is 1. The third-order valence-corrected chi connectivity index (χ3v) is 4.61. The lowest BCUT2D eigenvalue weighted by molar-refractivity contribution is 0.102. The summed E-state index contributed by atoms with van der Waals surface area (Å²) >= 11 is 7.22. The van der Waals surface area contributed by atoms with Crippen LogP contribution in [0.4, 0.5) is 0 Å². The Kier molecular flexibility index (Phi) is 3.59. The number of Topliss-reactive ketones (excluding diaryl/α,β-unsaturated/α-hetero) is 1. The van der Waals surface area contributed by atoms with E-state index in [0.29, 0.717) is 26.9 Å². The number of carbonyl (C=O) groups is 1. The van der Waals surface area contributed by atoms with Gasteiger partial charge in [0.2, 0.25) is 0 Å². The van der Waals surface area contributed by atoms with Crippen LogP contribution < -0.4 is 0 Å². The summed E-state index contributed by atoms with van der Waals surface area (Å²) in [5.41, 5.74) is 3.00. The molecule has 0 spiro atoms. The van der Waals surface area contributed by atoms with E-state index in [1.807, 2.05) is 24.3 Å². The summed E-state index contributed by atoms with van der Waals surface area (Å²) in [5.74, 6) is 0.301. The molecule has 0 saturated carbocycles. The fraction of sp³-hybridized carbons (Fsp3) is 0.0588. The minimum Gasteiger partial charge on any atom is -0.431 e. The van der Waals surface area contributed by atoms with E-state index >= 15 is 0 Å². The Morgan fingerprint density at radius 1 is 1.26 bits per heavy atom. The molecule has 4 aromatic rings. The van der Waals surface area contributed by atoms with Gasteiger partial charge in [0.05, 0.1) is 5.75 Å². The SMILES string of the molecule is O=C(CSc1nc2cc(Cl)ccc2o1)c1c[nH]c2ccccc12. The monoisotopic (exact) mass is 342 g/mol. The van der Waals surface area contributed by atoms with E-state index in [9.17, 15) is 4.79 Å². The van der Waals surface area contributed by atoms with Gasteiger partial charge in [-0.15, -0.1) is 0 Å². The third kappa shape index (κ3) is 2.73. The standard InChI is InChI=1S/C17H11ClN2O2S/c18-10-5-6-16-14(7-10)20-17(22-16)23-9-15(21)12-8-19-13-4-2-1-3-11(12)13/h1-8,19H,9H2. The number of hydrogen-bond donors (Lipinski definition) is 1. The van der Waals surface area contributed by atoms with Gasteiger partial charge < -0.3 is 9.40 Å². The number of H-pyrrole nitrogens is 1. The van der Waals surface area contributed by atoms with Crippen molar-refractivity contribution in [3.63, 3.8) is 0 Å². The number of rotatable bonds is 4. The fourth-order valence-electron chi connectivity index (χ4n) is 2.45. The number of hydrogen-bond acceptors (Lipinski definition) is 4. The Morgan fingerprint density at radius 3 is 3.04 bits per heavy atom. The average Bonchev–Trinajstić information content (AvgIpc) is 3.15. The number of nitrogens with zero attached hydrogens (tertiary/aromatic N) is 1. The maximum absolute atomic E-state index is 12.4. The van der Waals surface area contributed by atoms with Gasteiger partial charge in [-0.05, 0) is 24.3 Å². The van der Waals surface area contributed by atoms with Crippen molar-refractivity contribution in [2.45, 2.75) is 5.22 Å². The number of fused-ring (bicyclic) bond motifs is 2. The van der Waals surface area contributed by atoms with E-state index in [0.717, 1.165) is 10.9 Å². The molecule has 4 nitrogen and oxygen atoms in total. The van der Waals surface area contributed by atoms with Gasteiger partial charge in [-0.3, -0.25) is 4.79 Å². The normalized spacial score (nSPS) is 11.3. The molecule has 114 valence electrons. The van der Waals surface area contributed by atoms with E-state index in [4.69, 9.17) is 16.0 Å².